The number of esters is 1. The highest BCUT2D eigenvalue weighted by Crippen LogP contribution is 2.23. The first-order valence-corrected chi connectivity index (χ1v) is 9.40. The lowest BCUT2D eigenvalue weighted by Crippen LogP contribution is -2.41. The fourth-order valence-corrected chi connectivity index (χ4v) is 3.45. The lowest BCUT2D eigenvalue weighted by Gasteiger charge is -2.31. The average Bonchev–Trinajstić information content (AvgIpc) is 2.73. The van der Waals surface area contributed by atoms with E-state index < -0.39 is 5.97 Å². The van der Waals surface area contributed by atoms with Crippen molar-refractivity contribution in [3.05, 3.63) is 64.7 Å². The van der Waals surface area contributed by atoms with Crippen LogP contribution >= 0.6 is 11.6 Å². The summed E-state index contributed by atoms with van der Waals surface area (Å²) in [6, 6.07) is 13.6. The summed E-state index contributed by atoms with van der Waals surface area (Å²) < 4.78 is 4.75. The van der Waals surface area contributed by atoms with Gasteiger partial charge in [0.15, 0.2) is 0 Å². The minimum Gasteiger partial charge on any atom is -0.465 e. The number of carbonyl (C=O) groups excluding carboxylic acids is 3. The second-order valence-corrected chi connectivity index (χ2v) is 7.04. The van der Waals surface area contributed by atoms with E-state index in [1.165, 1.54) is 7.11 Å². The maximum Gasteiger partial charge on any atom is 0.339 e. The molecule has 1 heterocycles. The number of para-hydroxylation sites is 1. The third-order valence-electron chi connectivity index (χ3n) is 4.81. The molecular weight excluding hydrogens is 380 g/mol. The lowest BCUT2D eigenvalue weighted by molar-refractivity contribution is -0.121. The molecule has 0 aromatic heterocycles. The number of carbonyl (C=O) groups is 3. The molecule has 0 aliphatic carbocycles. The highest BCUT2D eigenvalue weighted by atomic mass is 35.5. The van der Waals surface area contributed by atoms with Crippen molar-refractivity contribution in [3.8, 4) is 0 Å². The summed E-state index contributed by atoms with van der Waals surface area (Å²) in [6.07, 6.45) is 1.11. The van der Waals surface area contributed by atoms with Gasteiger partial charge in [-0.3, -0.25) is 9.59 Å². The Balaban J connectivity index is 1.60. The molecule has 0 saturated carbocycles. The average molecular weight is 401 g/mol. The van der Waals surface area contributed by atoms with Crippen LogP contribution in [0.1, 0.15) is 33.6 Å². The maximum absolute atomic E-state index is 12.6. The summed E-state index contributed by atoms with van der Waals surface area (Å²) in [7, 11) is 1.30. The van der Waals surface area contributed by atoms with Crippen LogP contribution in [0.3, 0.4) is 0 Å². The maximum atomic E-state index is 12.6. The summed E-state index contributed by atoms with van der Waals surface area (Å²) in [5, 5.41) is 3.34. The first kappa shape index (κ1) is 19.9. The van der Waals surface area contributed by atoms with Crippen LogP contribution < -0.4 is 5.32 Å². The van der Waals surface area contributed by atoms with E-state index in [1.54, 1.807) is 53.4 Å². The van der Waals surface area contributed by atoms with Gasteiger partial charge in [0.2, 0.25) is 5.91 Å². The van der Waals surface area contributed by atoms with Gasteiger partial charge in [-0.15, -0.1) is 0 Å². The second kappa shape index (κ2) is 8.89. The Morgan fingerprint density at radius 2 is 1.79 bits per heavy atom. The van der Waals surface area contributed by atoms with Gasteiger partial charge in [-0.25, -0.2) is 4.79 Å². The monoisotopic (exact) mass is 400 g/mol. The largest absolute Gasteiger partial charge is 0.465 e. The fourth-order valence-electron chi connectivity index (χ4n) is 3.26. The predicted octanol–water partition coefficient (Wildman–Crippen LogP) is 3.62. The zero-order chi connectivity index (χ0) is 20.1. The highest BCUT2D eigenvalue weighted by molar-refractivity contribution is 6.30. The molecule has 1 saturated heterocycles. The van der Waals surface area contributed by atoms with E-state index in [-0.39, 0.29) is 17.7 Å². The molecule has 7 heteroatoms. The molecule has 0 atom stereocenters. The van der Waals surface area contributed by atoms with E-state index in [1.807, 2.05) is 0 Å². The Morgan fingerprint density at radius 3 is 2.46 bits per heavy atom. The Bertz CT molecular complexity index is 891. The number of halogens is 1. The topological polar surface area (TPSA) is 75.7 Å². The van der Waals surface area contributed by atoms with Crippen molar-refractivity contribution in [1.82, 2.24) is 4.90 Å². The van der Waals surface area contributed by atoms with Gasteiger partial charge in [0.25, 0.3) is 5.91 Å². The van der Waals surface area contributed by atoms with E-state index in [2.05, 4.69) is 5.32 Å². The smallest absolute Gasteiger partial charge is 0.339 e. The number of piperidine rings is 1. The van der Waals surface area contributed by atoms with Gasteiger partial charge in [-0.05, 0) is 43.2 Å². The number of likely N-dealkylation sites (tertiary alicyclic amines) is 1. The Morgan fingerprint density at radius 1 is 1.07 bits per heavy atom. The van der Waals surface area contributed by atoms with Gasteiger partial charge in [0, 0.05) is 29.6 Å². The van der Waals surface area contributed by atoms with E-state index in [4.69, 9.17) is 16.3 Å². The molecule has 2 aromatic carbocycles. The predicted molar refractivity (Wildman–Crippen MR) is 106 cm³/mol. The fraction of sp³-hybridized carbons (Fsp3) is 0.286. The molecule has 146 valence electrons. The van der Waals surface area contributed by atoms with Gasteiger partial charge in [-0.1, -0.05) is 29.8 Å². The molecule has 28 heavy (non-hydrogen) atoms. The van der Waals surface area contributed by atoms with Crippen molar-refractivity contribution in [2.45, 2.75) is 12.8 Å². The van der Waals surface area contributed by atoms with Crippen LogP contribution in [0.25, 0.3) is 0 Å². The number of ether oxygens (including phenoxy) is 1. The summed E-state index contributed by atoms with van der Waals surface area (Å²) in [6.45, 7) is 0.976. The van der Waals surface area contributed by atoms with Gasteiger partial charge in [-0.2, -0.15) is 0 Å². The van der Waals surface area contributed by atoms with Crippen LogP contribution in [0.5, 0.6) is 0 Å². The van der Waals surface area contributed by atoms with Crippen LogP contribution in [0.15, 0.2) is 48.5 Å². The standard InChI is InChI=1S/C21H21ClN2O4/c1-28-21(27)17-7-2-3-8-18(17)23-19(25)14-9-11-24(12-10-14)20(26)15-5-4-6-16(22)13-15/h2-8,13-14H,9-12H2,1H3,(H,23,25). The number of amides is 2. The SMILES string of the molecule is COC(=O)c1ccccc1NC(=O)C1CCN(C(=O)c2cccc(Cl)c2)CC1. The van der Waals surface area contributed by atoms with E-state index in [0.29, 0.717) is 47.8 Å². The molecule has 0 spiro atoms. The van der Waals surface area contributed by atoms with Gasteiger partial charge < -0.3 is 15.0 Å². The normalized spacial score (nSPS) is 14.4. The molecule has 1 aliphatic heterocycles. The van der Waals surface area contributed by atoms with E-state index in [0.717, 1.165) is 0 Å². The van der Waals surface area contributed by atoms with Crippen molar-refractivity contribution in [3.63, 3.8) is 0 Å². The number of rotatable bonds is 4. The molecule has 1 aliphatic rings. The van der Waals surface area contributed by atoms with Crippen molar-refractivity contribution < 1.29 is 19.1 Å². The molecule has 3 rings (SSSR count). The summed E-state index contributed by atoms with van der Waals surface area (Å²) >= 11 is 5.96. The van der Waals surface area contributed by atoms with Crippen molar-refractivity contribution in [2.75, 3.05) is 25.5 Å². The van der Waals surface area contributed by atoms with E-state index >= 15 is 0 Å². The third-order valence-corrected chi connectivity index (χ3v) is 5.05. The molecule has 0 radical (unpaired) electrons. The number of methoxy groups -OCH3 is 1. The Labute approximate surface area is 168 Å². The van der Waals surface area contributed by atoms with Crippen LogP contribution in [0, 0.1) is 5.92 Å². The number of hydrogen-bond donors (Lipinski definition) is 1. The minimum atomic E-state index is -0.502. The van der Waals surface area contributed by atoms with Crippen LogP contribution in [-0.2, 0) is 9.53 Å². The van der Waals surface area contributed by atoms with Crippen LogP contribution in [0.4, 0.5) is 5.69 Å². The molecule has 6 nitrogen and oxygen atoms in total. The number of hydrogen-bond acceptors (Lipinski definition) is 4. The molecule has 1 N–H and O–H groups in total. The number of nitrogens with zero attached hydrogens (tertiary/aromatic N) is 1. The summed E-state index contributed by atoms with van der Waals surface area (Å²) in [5.41, 5.74) is 1.28. The van der Waals surface area contributed by atoms with Crippen molar-refractivity contribution in [1.29, 1.82) is 0 Å². The molecule has 0 unspecified atom stereocenters. The van der Waals surface area contributed by atoms with Crippen molar-refractivity contribution >= 4 is 35.1 Å². The number of benzene rings is 2. The Kier molecular flexibility index (Phi) is 6.31. The van der Waals surface area contributed by atoms with Gasteiger partial charge in [0.1, 0.15) is 0 Å². The van der Waals surface area contributed by atoms with Crippen LogP contribution in [0.2, 0.25) is 5.02 Å². The first-order chi connectivity index (χ1) is 13.5. The number of nitrogens with one attached hydrogen (secondary N) is 1. The summed E-state index contributed by atoms with van der Waals surface area (Å²) in [5.74, 6) is -0.976. The zero-order valence-electron chi connectivity index (χ0n) is 15.5. The molecule has 0 bridgehead atoms. The van der Waals surface area contributed by atoms with Crippen molar-refractivity contribution in [2.24, 2.45) is 5.92 Å². The molecule has 2 amide bonds. The minimum absolute atomic E-state index is 0.0857. The zero-order valence-corrected chi connectivity index (χ0v) is 16.2. The molecule has 2 aromatic rings. The first-order valence-electron chi connectivity index (χ1n) is 9.02. The molecular formula is C21H21ClN2O4. The second-order valence-electron chi connectivity index (χ2n) is 6.60. The van der Waals surface area contributed by atoms with Crippen LogP contribution in [-0.4, -0.2) is 42.9 Å². The highest BCUT2D eigenvalue weighted by Gasteiger charge is 2.28. The summed E-state index contributed by atoms with van der Waals surface area (Å²) in [4.78, 5) is 38.8. The quantitative estimate of drug-likeness (QED) is 0.795. The number of anilines is 1. The van der Waals surface area contributed by atoms with Gasteiger partial charge >= 0.3 is 5.97 Å². The lowest BCUT2D eigenvalue weighted by atomic mass is 9.95. The molecule has 1 fully saturated rings. The van der Waals surface area contributed by atoms with E-state index in [9.17, 15) is 14.4 Å². The van der Waals surface area contributed by atoms with Gasteiger partial charge in [0.05, 0.1) is 18.4 Å². The Hall–Kier alpha value is -2.86. The third kappa shape index (κ3) is 4.51.